The Labute approximate surface area is 75.5 Å². The maximum Gasteiger partial charge on any atom is 0.479 e. The SMILES string of the molecule is CP(=O)(O)OP(=O)(O)OCCCO. The summed E-state index contributed by atoms with van der Waals surface area (Å²) in [6, 6.07) is 0. The number of phosphoric ester groups is 1. The summed E-state index contributed by atoms with van der Waals surface area (Å²) in [6.45, 7) is 0.346. The maximum atomic E-state index is 10.8. The Hall–Kier alpha value is 0.260. The highest BCUT2D eigenvalue weighted by atomic mass is 31.3. The molecule has 0 rings (SSSR count). The highest BCUT2D eigenvalue weighted by Gasteiger charge is 2.29. The molecule has 0 aliphatic rings. The second kappa shape index (κ2) is 5.22. The third-order valence-electron chi connectivity index (χ3n) is 0.812. The summed E-state index contributed by atoms with van der Waals surface area (Å²) in [5.74, 6) is 0. The molecule has 0 aromatic carbocycles. The normalized spacial score (nSPS) is 20.6. The Bertz CT molecular complexity index is 233. The van der Waals surface area contributed by atoms with E-state index in [0.717, 1.165) is 6.66 Å². The number of aliphatic hydroxyl groups excluding tert-OH is 1. The van der Waals surface area contributed by atoms with Crippen molar-refractivity contribution in [2.24, 2.45) is 0 Å². The lowest BCUT2D eigenvalue weighted by Crippen LogP contribution is -1.97. The van der Waals surface area contributed by atoms with Crippen molar-refractivity contribution in [3.05, 3.63) is 0 Å². The van der Waals surface area contributed by atoms with Gasteiger partial charge in [0.2, 0.25) is 0 Å². The largest absolute Gasteiger partial charge is 0.479 e. The molecular formula is C4H12O7P2. The molecule has 0 heterocycles. The van der Waals surface area contributed by atoms with Gasteiger partial charge >= 0.3 is 15.4 Å². The van der Waals surface area contributed by atoms with Gasteiger partial charge in [0.15, 0.2) is 0 Å². The molecule has 0 bridgehead atoms. The molecule has 0 aromatic heterocycles. The summed E-state index contributed by atoms with van der Waals surface area (Å²) >= 11 is 0. The topological polar surface area (TPSA) is 113 Å². The number of hydrogen-bond acceptors (Lipinski definition) is 5. The second-order valence-electron chi connectivity index (χ2n) is 2.26. The molecule has 0 radical (unpaired) electrons. The third-order valence-corrected chi connectivity index (χ3v) is 3.36. The lowest BCUT2D eigenvalue weighted by Gasteiger charge is -2.12. The second-order valence-corrected chi connectivity index (χ2v) is 5.72. The lowest BCUT2D eigenvalue weighted by molar-refractivity contribution is 0.176. The molecule has 80 valence electrons. The minimum atomic E-state index is -4.47. The summed E-state index contributed by atoms with van der Waals surface area (Å²) in [4.78, 5) is 17.4. The van der Waals surface area contributed by atoms with Crippen LogP contribution < -0.4 is 0 Å². The zero-order chi connectivity index (χ0) is 10.5. The van der Waals surface area contributed by atoms with E-state index in [2.05, 4.69) is 8.83 Å². The molecule has 2 unspecified atom stereocenters. The Morgan fingerprint density at radius 3 is 2.23 bits per heavy atom. The molecule has 0 amide bonds. The zero-order valence-electron chi connectivity index (χ0n) is 6.99. The van der Waals surface area contributed by atoms with Crippen LogP contribution in [0.5, 0.6) is 0 Å². The van der Waals surface area contributed by atoms with E-state index in [9.17, 15) is 9.13 Å². The summed E-state index contributed by atoms with van der Waals surface area (Å²) < 4.78 is 29.5. The van der Waals surface area contributed by atoms with E-state index in [1.807, 2.05) is 0 Å². The molecule has 0 aliphatic heterocycles. The first-order valence-corrected chi connectivity index (χ1v) is 6.89. The molecule has 3 N–H and O–H groups in total. The Morgan fingerprint density at radius 1 is 1.31 bits per heavy atom. The van der Waals surface area contributed by atoms with Crippen LogP contribution in [-0.4, -0.2) is 34.8 Å². The standard InChI is InChI=1S/C4H12O7P2/c1-12(6,7)11-13(8,9)10-4-2-3-5/h5H,2-4H2,1H3,(H,6,7)(H,8,9). The van der Waals surface area contributed by atoms with Crippen LogP contribution in [0, 0.1) is 0 Å². The van der Waals surface area contributed by atoms with Gasteiger partial charge in [-0.3, -0.25) is 9.09 Å². The van der Waals surface area contributed by atoms with Crippen LogP contribution in [0.25, 0.3) is 0 Å². The predicted octanol–water partition coefficient (Wildman–Crippen LogP) is 0.318. The molecule has 0 aromatic rings. The first-order valence-electron chi connectivity index (χ1n) is 3.36. The molecule has 9 heteroatoms. The van der Waals surface area contributed by atoms with E-state index in [4.69, 9.17) is 14.9 Å². The fourth-order valence-electron chi connectivity index (χ4n) is 0.459. The van der Waals surface area contributed by atoms with Crippen molar-refractivity contribution in [2.75, 3.05) is 19.9 Å². The average molecular weight is 234 g/mol. The van der Waals surface area contributed by atoms with E-state index in [1.165, 1.54) is 0 Å². The van der Waals surface area contributed by atoms with Gasteiger partial charge in [-0.2, -0.15) is 0 Å². The minimum absolute atomic E-state index is 0.146. The quantitative estimate of drug-likeness (QED) is 0.447. The van der Waals surface area contributed by atoms with Crippen molar-refractivity contribution < 1.29 is 32.9 Å². The van der Waals surface area contributed by atoms with Crippen molar-refractivity contribution >= 4 is 15.4 Å². The van der Waals surface area contributed by atoms with Crippen LogP contribution in [0.15, 0.2) is 0 Å². The molecule has 2 atom stereocenters. The number of rotatable bonds is 6. The molecular weight excluding hydrogens is 222 g/mol. The Morgan fingerprint density at radius 2 is 1.85 bits per heavy atom. The van der Waals surface area contributed by atoms with Crippen LogP contribution in [0.4, 0.5) is 0 Å². The van der Waals surface area contributed by atoms with E-state index >= 15 is 0 Å². The van der Waals surface area contributed by atoms with Crippen LogP contribution in [-0.2, 0) is 18.0 Å². The van der Waals surface area contributed by atoms with Gasteiger partial charge in [0, 0.05) is 13.3 Å². The molecule has 0 saturated heterocycles. The first-order chi connectivity index (χ1) is 5.77. The zero-order valence-corrected chi connectivity index (χ0v) is 8.78. The maximum absolute atomic E-state index is 10.8. The van der Waals surface area contributed by atoms with Crippen molar-refractivity contribution in [1.29, 1.82) is 0 Å². The highest BCUT2D eigenvalue weighted by molar-refractivity contribution is 7.63. The van der Waals surface area contributed by atoms with Gasteiger partial charge in [0.25, 0.3) is 0 Å². The minimum Gasteiger partial charge on any atom is -0.396 e. The van der Waals surface area contributed by atoms with Crippen molar-refractivity contribution in [3.8, 4) is 0 Å². The van der Waals surface area contributed by atoms with Gasteiger partial charge in [-0.05, 0) is 6.42 Å². The smallest absolute Gasteiger partial charge is 0.396 e. The summed E-state index contributed by atoms with van der Waals surface area (Å²) in [6.07, 6.45) is 0.146. The monoisotopic (exact) mass is 234 g/mol. The van der Waals surface area contributed by atoms with E-state index in [-0.39, 0.29) is 19.6 Å². The number of hydrogen-bond donors (Lipinski definition) is 3. The van der Waals surface area contributed by atoms with E-state index in [1.54, 1.807) is 0 Å². The van der Waals surface area contributed by atoms with Crippen LogP contribution in [0.3, 0.4) is 0 Å². The van der Waals surface area contributed by atoms with Gasteiger partial charge in [-0.1, -0.05) is 0 Å². The van der Waals surface area contributed by atoms with Crippen molar-refractivity contribution in [1.82, 2.24) is 0 Å². The fourth-order valence-corrected chi connectivity index (χ4v) is 2.54. The first kappa shape index (κ1) is 13.3. The summed E-state index contributed by atoms with van der Waals surface area (Å²) in [5.41, 5.74) is 0. The van der Waals surface area contributed by atoms with Gasteiger partial charge in [-0.25, -0.2) is 8.88 Å². The van der Waals surface area contributed by atoms with Gasteiger partial charge in [0.05, 0.1) is 6.61 Å². The van der Waals surface area contributed by atoms with E-state index < -0.39 is 15.4 Å². The van der Waals surface area contributed by atoms with Crippen LogP contribution in [0.2, 0.25) is 0 Å². The van der Waals surface area contributed by atoms with Crippen molar-refractivity contribution in [2.45, 2.75) is 6.42 Å². The summed E-state index contributed by atoms with van der Waals surface area (Å²) in [5, 5.41) is 8.30. The summed E-state index contributed by atoms with van der Waals surface area (Å²) in [7, 11) is -8.50. The van der Waals surface area contributed by atoms with E-state index in [0.29, 0.717) is 0 Å². The Balaban J connectivity index is 3.95. The van der Waals surface area contributed by atoms with Crippen molar-refractivity contribution in [3.63, 3.8) is 0 Å². The van der Waals surface area contributed by atoms with Crippen LogP contribution >= 0.6 is 15.4 Å². The van der Waals surface area contributed by atoms with Crippen LogP contribution in [0.1, 0.15) is 6.42 Å². The van der Waals surface area contributed by atoms with Gasteiger partial charge < -0.3 is 14.9 Å². The molecule has 7 nitrogen and oxygen atoms in total. The predicted molar refractivity (Wildman–Crippen MR) is 44.3 cm³/mol. The Kier molecular flexibility index (Phi) is 5.32. The average Bonchev–Trinajstić information content (AvgIpc) is 1.81. The lowest BCUT2D eigenvalue weighted by atomic mass is 10.5. The molecule has 0 fully saturated rings. The number of phosphoric acid groups is 1. The fraction of sp³-hybridized carbons (Fsp3) is 1.00. The molecule has 0 saturated carbocycles. The number of aliphatic hydroxyl groups is 1. The third kappa shape index (κ3) is 8.59. The molecule has 13 heavy (non-hydrogen) atoms. The van der Waals surface area contributed by atoms with Gasteiger partial charge in [-0.15, -0.1) is 0 Å². The highest BCUT2D eigenvalue weighted by Crippen LogP contribution is 2.57. The molecule has 0 aliphatic carbocycles. The van der Waals surface area contributed by atoms with Gasteiger partial charge in [0.1, 0.15) is 0 Å². The molecule has 0 spiro atoms.